The maximum Gasteiger partial charge on any atom is 0.175 e. The normalized spacial score (nSPS) is 21.3. The van der Waals surface area contributed by atoms with Crippen LogP contribution >= 0.6 is 0 Å². The van der Waals surface area contributed by atoms with E-state index in [0.717, 1.165) is 17.5 Å². The van der Waals surface area contributed by atoms with Gasteiger partial charge in [0.2, 0.25) is 0 Å². The van der Waals surface area contributed by atoms with Crippen molar-refractivity contribution in [3.8, 4) is 5.75 Å². The van der Waals surface area contributed by atoms with Gasteiger partial charge in [-0.3, -0.25) is 0 Å². The minimum absolute atomic E-state index is 0.209. The fourth-order valence-electron chi connectivity index (χ4n) is 3.97. The monoisotopic (exact) mass is 393 g/mol. The van der Waals surface area contributed by atoms with Crippen molar-refractivity contribution in [2.24, 2.45) is 5.73 Å². The van der Waals surface area contributed by atoms with Gasteiger partial charge in [0.15, 0.2) is 15.4 Å². The molecule has 2 atom stereocenters. The molecule has 0 saturated carbocycles. The lowest BCUT2D eigenvalue weighted by Crippen LogP contribution is -2.48. The third kappa shape index (κ3) is 3.43. The van der Waals surface area contributed by atoms with Crippen LogP contribution < -0.4 is 10.5 Å². The lowest BCUT2D eigenvalue weighted by atomic mass is 9.85. The van der Waals surface area contributed by atoms with Crippen LogP contribution in [0.5, 0.6) is 5.75 Å². The number of benzene rings is 3. The van der Waals surface area contributed by atoms with Crippen LogP contribution in [0.3, 0.4) is 0 Å². The van der Waals surface area contributed by atoms with E-state index in [2.05, 4.69) is 24.3 Å². The first-order valence-corrected chi connectivity index (χ1v) is 11.1. The first-order valence-electron chi connectivity index (χ1n) is 9.25. The highest BCUT2D eigenvalue weighted by Crippen LogP contribution is 2.42. The molecular weight excluding hydrogens is 370 g/mol. The first kappa shape index (κ1) is 18.7. The summed E-state index contributed by atoms with van der Waals surface area (Å²) in [6.07, 6.45) is 2.58. The zero-order chi connectivity index (χ0) is 19.8. The SMILES string of the molecule is CS(=O)(=O)c1ccc(OC2(Cc3ccccc3)c3ccccc3CC2N)cc1. The van der Waals surface area contributed by atoms with Crippen LogP contribution in [0.1, 0.15) is 16.7 Å². The molecule has 0 heterocycles. The molecule has 4 nitrogen and oxygen atoms in total. The summed E-state index contributed by atoms with van der Waals surface area (Å²) in [5.41, 5.74) is 9.36. The van der Waals surface area contributed by atoms with Crippen molar-refractivity contribution in [2.45, 2.75) is 29.4 Å². The fraction of sp³-hybridized carbons (Fsp3) is 0.217. The molecule has 0 bridgehead atoms. The third-order valence-corrected chi connectivity index (χ3v) is 6.50. The van der Waals surface area contributed by atoms with E-state index in [-0.39, 0.29) is 10.9 Å². The topological polar surface area (TPSA) is 69.4 Å². The maximum absolute atomic E-state index is 11.7. The first-order chi connectivity index (χ1) is 13.4. The van der Waals surface area contributed by atoms with Crippen LogP contribution in [0.15, 0.2) is 83.8 Å². The Kier molecular flexibility index (Phi) is 4.73. The van der Waals surface area contributed by atoms with E-state index in [9.17, 15) is 8.42 Å². The average molecular weight is 394 g/mol. The highest BCUT2D eigenvalue weighted by atomic mass is 32.2. The molecule has 0 aromatic heterocycles. The van der Waals surface area contributed by atoms with Crippen LogP contribution in [0.2, 0.25) is 0 Å². The van der Waals surface area contributed by atoms with Gasteiger partial charge in [0.25, 0.3) is 0 Å². The van der Waals surface area contributed by atoms with Crippen molar-refractivity contribution >= 4 is 9.84 Å². The number of rotatable bonds is 5. The van der Waals surface area contributed by atoms with Gasteiger partial charge in [-0.25, -0.2) is 8.42 Å². The quantitative estimate of drug-likeness (QED) is 0.720. The highest BCUT2D eigenvalue weighted by Gasteiger charge is 2.47. The Hall–Kier alpha value is -2.63. The lowest BCUT2D eigenvalue weighted by molar-refractivity contribution is 0.0498. The Bertz CT molecular complexity index is 1080. The van der Waals surface area contributed by atoms with E-state index in [0.29, 0.717) is 12.2 Å². The third-order valence-electron chi connectivity index (χ3n) is 5.37. The Morgan fingerprint density at radius 3 is 2.29 bits per heavy atom. The second-order valence-electron chi connectivity index (χ2n) is 7.37. The summed E-state index contributed by atoms with van der Waals surface area (Å²) in [6.45, 7) is 0. The van der Waals surface area contributed by atoms with Crippen molar-refractivity contribution < 1.29 is 13.2 Å². The molecule has 0 amide bonds. The Morgan fingerprint density at radius 2 is 1.61 bits per heavy atom. The zero-order valence-electron chi connectivity index (χ0n) is 15.7. The largest absolute Gasteiger partial charge is 0.481 e. The van der Waals surface area contributed by atoms with Gasteiger partial charge in [-0.2, -0.15) is 0 Å². The van der Waals surface area contributed by atoms with Crippen LogP contribution in [-0.2, 0) is 28.3 Å². The van der Waals surface area contributed by atoms with Crippen molar-refractivity contribution in [1.29, 1.82) is 0 Å². The maximum atomic E-state index is 11.7. The lowest BCUT2D eigenvalue weighted by Gasteiger charge is -2.36. The number of sulfone groups is 1. The molecule has 0 fully saturated rings. The van der Waals surface area contributed by atoms with Gasteiger partial charge in [0.05, 0.1) is 10.9 Å². The van der Waals surface area contributed by atoms with E-state index >= 15 is 0 Å². The van der Waals surface area contributed by atoms with E-state index in [1.54, 1.807) is 24.3 Å². The Morgan fingerprint density at radius 1 is 0.964 bits per heavy atom. The smallest absolute Gasteiger partial charge is 0.175 e. The van der Waals surface area contributed by atoms with Crippen molar-refractivity contribution in [2.75, 3.05) is 6.26 Å². The van der Waals surface area contributed by atoms with E-state index in [1.165, 1.54) is 11.8 Å². The number of hydrogen-bond donors (Lipinski definition) is 1. The summed E-state index contributed by atoms with van der Waals surface area (Å²) in [4.78, 5) is 0.271. The molecule has 28 heavy (non-hydrogen) atoms. The highest BCUT2D eigenvalue weighted by molar-refractivity contribution is 7.90. The Labute approximate surface area is 165 Å². The van der Waals surface area contributed by atoms with Crippen LogP contribution in [0.4, 0.5) is 0 Å². The molecule has 1 aliphatic rings. The number of ether oxygens (including phenoxy) is 1. The van der Waals surface area contributed by atoms with E-state index in [4.69, 9.17) is 10.5 Å². The predicted octanol–water partition coefficient (Wildman–Crippen LogP) is 3.49. The molecule has 5 heteroatoms. The number of fused-ring (bicyclic) bond motifs is 1. The van der Waals surface area contributed by atoms with Gasteiger partial charge in [0.1, 0.15) is 5.75 Å². The average Bonchev–Trinajstić information content (AvgIpc) is 2.94. The minimum Gasteiger partial charge on any atom is -0.481 e. The zero-order valence-corrected chi connectivity index (χ0v) is 16.5. The van der Waals surface area contributed by atoms with Crippen molar-refractivity contribution in [3.63, 3.8) is 0 Å². The van der Waals surface area contributed by atoms with Gasteiger partial charge in [-0.1, -0.05) is 54.6 Å². The molecule has 144 valence electrons. The van der Waals surface area contributed by atoms with Crippen LogP contribution in [-0.4, -0.2) is 20.7 Å². The Balaban J connectivity index is 1.76. The summed E-state index contributed by atoms with van der Waals surface area (Å²) < 4.78 is 30.0. The molecular formula is C23H23NO3S. The van der Waals surface area contributed by atoms with Gasteiger partial charge < -0.3 is 10.5 Å². The summed E-state index contributed by atoms with van der Waals surface area (Å²) in [5.74, 6) is 0.607. The fourth-order valence-corrected chi connectivity index (χ4v) is 4.60. The molecule has 3 aromatic carbocycles. The molecule has 2 N–H and O–H groups in total. The summed E-state index contributed by atoms with van der Waals surface area (Å²) in [7, 11) is -3.25. The molecule has 0 spiro atoms. The van der Waals surface area contributed by atoms with Crippen LogP contribution in [0, 0.1) is 0 Å². The standard InChI is InChI=1S/C23H23NO3S/c1-28(25,26)20-13-11-19(12-14-20)27-23(16-17-7-3-2-4-8-17)21-10-6-5-9-18(21)15-22(23)24/h2-14,22H,15-16,24H2,1H3. The van der Waals surface area contributed by atoms with Gasteiger partial charge in [0, 0.05) is 18.2 Å². The molecule has 2 unspecified atom stereocenters. The van der Waals surface area contributed by atoms with Gasteiger partial charge in [-0.15, -0.1) is 0 Å². The predicted molar refractivity (Wildman–Crippen MR) is 110 cm³/mol. The summed E-state index contributed by atoms with van der Waals surface area (Å²) in [6, 6.07) is 24.7. The minimum atomic E-state index is -3.25. The van der Waals surface area contributed by atoms with Crippen molar-refractivity contribution in [3.05, 3.63) is 95.6 Å². The van der Waals surface area contributed by atoms with Crippen LogP contribution in [0.25, 0.3) is 0 Å². The summed E-state index contributed by atoms with van der Waals surface area (Å²) in [5, 5.41) is 0. The molecule has 0 radical (unpaired) electrons. The molecule has 3 aromatic rings. The van der Waals surface area contributed by atoms with E-state index < -0.39 is 15.4 Å². The number of nitrogens with two attached hydrogens (primary N) is 1. The second-order valence-corrected chi connectivity index (χ2v) is 9.38. The second kappa shape index (κ2) is 7.08. The number of hydrogen-bond acceptors (Lipinski definition) is 4. The van der Waals surface area contributed by atoms with Crippen molar-refractivity contribution in [1.82, 2.24) is 0 Å². The molecule has 4 rings (SSSR count). The van der Waals surface area contributed by atoms with E-state index in [1.807, 2.05) is 30.3 Å². The van der Waals surface area contributed by atoms with Gasteiger partial charge >= 0.3 is 0 Å². The molecule has 0 saturated heterocycles. The van der Waals surface area contributed by atoms with Gasteiger partial charge in [-0.05, 0) is 41.8 Å². The summed E-state index contributed by atoms with van der Waals surface area (Å²) >= 11 is 0. The molecule has 0 aliphatic heterocycles. The molecule has 1 aliphatic carbocycles.